The molecule has 0 fully saturated rings. The highest BCUT2D eigenvalue weighted by atomic mass is 32.1. The van der Waals surface area contributed by atoms with Crippen LogP contribution >= 0.6 is 11.3 Å². The number of hydrogen-bond donors (Lipinski definition) is 0. The Morgan fingerprint density at radius 1 is 0.456 bits per heavy atom. The molecule has 0 aliphatic carbocycles. The van der Waals surface area contributed by atoms with Gasteiger partial charge >= 0.3 is 0 Å². The lowest BCUT2D eigenvalue weighted by Crippen LogP contribution is -2.11. The van der Waals surface area contributed by atoms with Gasteiger partial charge in [-0.05, 0) is 105 Å². The van der Waals surface area contributed by atoms with Crippen molar-refractivity contribution in [2.24, 2.45) is 0 Å². The molecule has 0 radical (unpaired) electrons. The maximum atomic E-state index is 13.9. The van der Waals surface area contributed by atoms with Crippen molar-refractivity contribution >= 4 is 65.0 Å². The fraction of sp³-hybridized carbons (Fsp3) is 0.314. The second kappa shape index (κ2) is 12.7. The third kappa shape index (κ3) is 6.05. The Bertz CT molecular complexity index is 3000. The number of hydrogen-bond acceptors (Lipinski definition) is 4. The van der Waals surface area contributed by atoms with Gasteiger partial charge in [0.15, 0.2) is 0 Å². The molecule has 8 aromatic rings. The summed E-state index contributed by atoms with van der Waals surface area (Å²) >= 11 is 1.05. The fourth-order valence-electron chi connectivity index (χ4n) is 8.28. The van der Waals surface area contributed by atoms with Crippen LogP contribution in [-0.2, 0) is 21.7 Å². The number of benzene rings is 5. The average molecular weight is 767 g/mol. The summed E-state index contributed by atoms with van der Waals surface area (Å²) in [6.07, 6.45) is 0. The molecule has 3 aromatic heterocycles. The summed E-state index contributed by atoms with van der Waals surface area (Å²) in [5.74, 6) is 0. The number of nitrogens with zero attached hydrogens (tertiary/aromatic N) is 4. The molecular formula is C51H50N4OS. The van der Waals surface area contributed by atoms with E-state index in [0.717, 1.165) is 66.3 Å². The zero-order chi connectivity index (χ0) is 41.1. The summed E-state index contributed by atoms with van der Waals surface area (Å²) < 4.78 is 4.72. The topological polar surface area (TPSA) is 74.5 Å². The predicted molar refractivity (Wildman–Crippen MR) is 241 cm³/mol. The van der Waals surface area contributed by atoms with Crippen LogP contribution in [0.1, 0.15) is 116 Å². The minimum Gasteiger partial charge on any atom is -0.309 e. The van der Waals surface area contributed by atoms with Crippen molar-refractivity contribution < 1.29 is 0 Å². The molecule has 5 nitrogen and oxygen atoms in total. The molecule has 3 heterocycles. The van der Waals surface area contributed by atoms with Crippen molar-refractivity contribution in [3.05, 3.63) is 128 Å². The van der Waals surface area contributed by atoms with Crippen molar-refractivity contribution in [1.29, 1.82) is 10.5 Å². The van der Waals surface area contributed by atoms with Crippen molar-refractivity contribution in [3.63, 3.8) is 0 Å². The van der Waals surface area contributed by atoms with Crippen LogP contribution in [0.15, 0.2) is 89.7 Å². The molecule has 0 aliphatic heterocycles. The van der Waals surface area contributed by atoms with Crippen molar-refractivity contribution in [2.45, 2.75) is 105 Å². The second-order valence-electron chi connectivity index (χ2n) is 19.8. The monoisotopic (exact) mass is 766 g/mol. The summed E-state index contributed by atoms with van der Waals surface area (Å²) in [6, 6.07) is 35.4. The van der Waals surface area contributed by atoms with Crippen LogP contribution in [0.5, 0.6) is 0 Å². The molecule has 0 bridgehead atoms. The van der Waals surface area contributed by atoms with Crippen molar-refractivity contribution in [2.75, 3.05) is 0 Å². The highest BCUT2D eigenvalue weighted by Gasteiger charge is 2.27. The molecular weight excluding hydrogens is 717 g/mol. The third-order valence-electron chi connectivity index (χ3n) is 11.7. The van der Waals surface area contributed by atoms with Gasteiger partial charge in [-0.3, -0.25) is 4.79 Å². The van der Waals surface area contributed by atoms with Crippen LogP contribution < -0.4 is 4.74 Å². The smallest absolute Gasteiger partial charge is 0.252 e. The van der Waals surface area contributed by atoms with Gasteiger partial charge in [-0.15, -0.1) is 0 Å². The summed E-state index contributed by atoms with van der Waals surface area (Å²) in [6.45, 7) is 26.8. The Morgan fingerprint density at radius 2 is 0.772 bits per heavy atom. The number of rotatable bonds is 2. The van der Waals surface area contributed by atoms with Gasteiger partial charge in [0.2, 0.25) is 0 Å². The van der Waals surface area contributed by atoms with Crippen molar-refractivity contribution in [3.8, 4) is 23.5 Å². The number of aromatic nitrogens is 2. The highest BCUT2D eigenvalue weighted by molar-refractivity contribution is 7.17. The SMILES string of the molecule is CC(C)(C)c1ccc2c(c1)c1cc(C(C)(C)C)ccc1n2-c1ccc(-n2c3ccc(C(C)(C)C)cc3c3cc(C(C)(C)C)ccc32)c2c(C#N)c(C#N)c(=O)sc12. The first-order valence-corrected chi connectivity index (χ1v) is 20.6. The lowest BCUT2D eigenvalue weighted by molar-refractivity contribution is 0.590. The quantitative estimate of drug-likeness (QED) is 0.176. The number of fused-ring (bicyclic) bond motifs is 7. The van der Waals surface area contributed by atoms with Gasteiger partial charge in [-0.1, -0.05) is 119 Å². The molecule has 6 heteroatoms. The van der Waals surface area contributed by atoms with Gasteiger partial charge in [-0.25, -0.2) is 0 Å². The van der Waals surface area contributed by atoms with E-state index < -0.39 is 4.74 Å². The zero-order valence-corrected chi connectivity index (χ0v) is 36.0. The van der Waals surface area contributed by atoms with Gasteiger partial charge in [0.25, 0.3) is 4.74 Å². The summed E-state index contributed by atoms with van der Waals surface area (Å²) in [7, 11) is 0. The van der Waals surface area contributed by atoms with E-state index in [0.29, 0.717) is 10.1 Å². The molecule has 0 spiro atoms. The van der Waals surface area contributed by atoms with Crippen LogP contribution in [0.25, 0.3) is 65.1 Å². The molecule has 5 aromatic carbocycles. The van der Waals surface area contributed by atoms with E-state index in [2.05, 4.69) is 189 Å². The van der Waals surface area contributed by atoms with Crippen molar-refractivity contribution in [1.82, 2.24) is 9.13 Å². The van der Waals surface area contributed by atoms with Crippen LogP contribution in [0, 0.1) is 22.7 Å². The largest absolute Gasteiger partial charge is 0.309 e. The molecule has 0 amide bonds. The molecule has 286 valence electrons. The van der Waals surface area contributed by atoms with Gasteiger partial charge in [0, 0.05) is 26.9 Å². The van der Waals surface area contributed by atoms with Crippen LogP contribution in [0.2, 0.25) is 0 Å². The molecule has 0 aliphatic rings. The summed E-state index contributed by atoms with van der Waals surface area (Å²) in [5, 5.41) is 26.4. The van der Waals surface area contributed by atoms with Crippen LogP contribution in [-0.4, -0.2) is 9.13 Å². The minimum atomic E-state index is -0.419. The molecule has 0 saturated carbocycles. The van der Waals surface area contributed by atoms with E-state index in [1.165, 1.54) is 22.3 Å². The molecule has 8 rings (SSSR count). The number of nitriles is 2. The lowest BCUT2D eigenvalue weighted by Gasteiger charge is -2.20. The van der Waals surface area contributed by atoms with Gasteiger partial charge in [-0.2, -0.15) is 10.5 Å². The molecule has 0 unspecified atom stereocenters. The Morgan fingerprint density at radius 3 is 1.09 bits per heavy atom. The summed E-state index contributed by atoms with van der Waals surface area (Å²) in [4.78, 5) is 13.9. The van der Waals surface area contributed by atoms with Gasteiger partial charge < -0.3 is 9.13 Å². The first-order chi connectivity index (χ1) is 26.6. The van der Waals surface area contributed by atoms with E-state index in [4.69, 9.17) is 0 Å². The van der Waals surface area contributed by atoms with Crippen LogP contribution in [0.4, 0.5) is 0 Å². The average Bonchev–Trinajstić information content (AvgIpc) is 3.63. The predicted octanol–water partition coefficient (Wildman–Crippen LogP) is 13.4. The molecule has 0 N–H and O–H groups in total. The maximum Gasteiger partial charge on any atom is 0.252 e. The highest BCUT2D eigenvalue weighted by Crippen LogP contribution is 2.44. The van der Waals surface area contributed by atoms with E-state index in [1.54, 1.807) is 0 Å². The lowest BCUT2D eigenvalue weighted by atomic mass is 9.85. The third-order valence-corrected chi connectivity index (χ3v) is 12.7. The first kappa shape index (κ1) is 38.2. The van der Waals surface area contributed by atoms with E-state index >= 15 is 0 Å². The van der Waals surface area contributed by atoms with E-state index in [-0.39, 0.29) is 32.8 Å². The van der Waals surface area contributed by atoms with Gasteiger partial charge in [0.05, 0.1) is 43.7 Å². The van der Waals surface area contributed by atoms with E-state index in [9.17, 15) is 15.3 Å². The second-order valence-corrected chi connectivity index (χ2v) is 20.8. The molecule has 0 saturated heterocycles. The maximum absolute atomic E-state index is 13.9. The normalized spacial score (nSPS) is 12.9. The standard InChI is InChI=1S/C51H50N4OS/c1-48(2,3)29-13-17-39-33(23-29)34-24-30(49(4,5)6)14-18-40(34)54(39)43-21-22-44(46-45(43)37(27-52)38(28-53)47(56)57-46)55-41-19-15-31(50(7,8)9)25-35(41)36-26-32(51(10,11)12)16-20-42(36)55/h13-26H,1-12H3. The fourth-order valence-corrected chi connectivity index (χ4v) is 9.29. The zero-order valence-electron chi connectivity index (χ0n) is 35.2. The van der Waals surface area contributed by atoms with Crippen LogP contribution in [0.3, 0.4) is 0 Å². The summed E-state index contributed by atoms with van der Waals surface area (Å²) in [5.41, 5.74) is 10.3. The Kier molecular flexibility index (Phi) is 8.48. The minimum absolute atomic E-state index is 0.0584. The Labute approximate surface area is 339 Å². The Balaban J connectivity index is 1.55. The van der Waals surface area contributed by atoms with Gasteiger partial charge in [0.1, 0.15) is 17.7 Å². The Hall–Kier alpha value is -5.69. The first-order valence-electron chi connectivity index (χ1n) is 19.8. The van der Waals surface area contributed by atoms with E-state index in [1.807, 2.05) is 0 Å². The molecule has 57 heavy (non-hydrogen) atoms. The molecule has 0 atom stereocenters.